The Morgan fingerprint density at radius 1 is 1.08 bits per heavy atom. The van der Waals surface area contributed by atoms with Crippen LogP contribution >= 0.6 is 0 Å². The van der Waals surface area contributed by atoms with Gasteiger partial charge in [-0.1, -0.05) is 23.8 Å². The molecule has 2 heterocycles. The molecule has 24 heavy (non-hydrogen) atoms. The van der Waals surface area contributed by atoms with Crippen LogP contribution in [-0.2, 0) is 6.54 Å². The van der Waals surface area contributed by atoms with Crippen molar-refractivity contribution in [2.45, 2.75) is 13.5 Å². The third-order valence-corrected chi connectivity index (χ3v) is 4.40. The number of hydrogen-bond acceptors (Lipinski definition) is 4. The van der Waals surface area contributed by atoms with E-state index in [-0.39, 0.29) is 5.91 Å². The first-order valence-corrected chi connectivity index (χ1v) is 8.35. The van der Waals surface area contributed by atoms with Gasteiger partial charge in [-0.05, 0) is 37.7 Å². The molecule has 0 spiro atoms. The number of hydrogen-bond donors (Lipinski definition) is 1. The topological polar surface area (TPSA) is 48.5 Å². The van der Waals surface area contributed by atoms with Gasteiger partial charge in [0.05, 0.1) is 0 Å². The van der Waals surface area contributed by atoms with Crippen LogP contribution in [0.5, 0.6) is 0 Å². The average Bonchev–Trinajstić information content (AvgIpc) is 2.61. The third-order valence-electron chi connectivity index (χ3n) is 4.40. The highest BCUT2D eigenvalue weighted by Crippen LogP contribution is 2.13. The fourth-order valence-corrected chi connectivity index (χ4v) is 2.73. The molecular weight excluding hydrogens is 300 g/mol. The summed E-state index contributed by atoms with van der Waals surface area (Å²) in [6.07, 6.45) is 1.85. The summed E-state index contributed by atoms with van der Waals surface area (Å²) in [5, 5.41) is 2.94. The van der Waals surface area contributed by atoms with Crippen molar-refractivity contribution in [3.05, 3.63) is 59.3 Å². The number of anilines is 1. The molecule has 2 aromatic rings. The molecule has 1 saturated heterocycles. The van der Waals surface area contributed by atoms with Crippen LogP contribution in [-0.4, -0.2) is 49.0 Å². The van der Waals surface area contributed by atoms with E-state index >= 15 is 0 Å². The van der Waals surface area contributed by atoms with Crippen molar-refractivity contribution in [1.29, 1.82) is 0 Å². The van der Waals surface area contributed by atoms with E-state index < -0.39 is 0 Å². The van der Waals surface area contributed by atoms with Crippen LogP contribution in [0.15, 0.2) is 42.6 Å². The Labute approximate surface area is 143 Å². The van der Waals surface area contributed by atoms with Gasteiger partial charge in [-0.3, -0.25) is 4.79 Å². The summed E-state index contributed by atoms with van der Waals surface area (Å²) in [6, 6.07) is 11.7. The average molecular weight is 324 g/mol. The predicted molar refractivity (Wildman–Crippen MR) is 96.3 cm³/mol. The van der Waals surface area contributed by atoms with E-state index in [1.54, 1.807) is 0 Å². The van der Waals surface area contributed by atoms with Gasteiger partial charge in [0.15, 0.2) is 0 Å². The Morgan fingerprint density at radius 3 is 2.42 bits per heavy atom. The normalized spacial score (nSPS) is 15.3. The Hall–Kier alpha value is -2.40. The van der Waals surface area contributed by atoms with Gasteiger partial charge in [0.1, 0.15) is 5.82 Å². The van der Waals surface area contributed by atoms with Gasteiger partial charge in [-0.15, -0.1) is 0 Å². The van der Waals surface area contributed by atoms with Crippen LogP contribution < -0.4 is 10.2 Å². The van der Waals surface area contributed by atoms with Crippen molar-refractivity contribution in [2.75, 3.05) is 38.1 Å². The molecule has 1 aromatic heterocycles. The molecular formula is C19H24N4O. The van der Waals surface area contributed by atoms with Crippen LogP contribution in [0, 0.1) is 6.92 Å². The molecule has 0 aliphatic carbocycles. The number of amides is 1. The second-order valence-electron chi connectivity index (χ2n) is 6.36. The number of likely N-dealkylation sites (N-methyl/N-ethyl adjacent to an activating group) is 1. The molecule has 5 heteroatoms. The fourth-order valence-electron chi connectivity index (χ4n) is 2.73. The molecule has 3 rings (SSSR count). The third kappa shape index (κ3) is 4.11. The number of piperazine rings is 1. The minimum absolute atomic E-state index is 0.0573. The van der Waals surface area contributed by atoms with E-state index in [9.17, 15) is 4.79 Å². The Bertz CT molecular complexity index is 674. The highest BCUT2D eigenvalue weighted by molar-refractivity contribution is 5.94. The number of aromatic nitrogens is 1. The lowest BCUT2D eigenvalue weighted by molar-refractivity contribution is 0.0951. The number of aryl methyl sites for hydroxylation is 1. The standard InChI is InChI=1S/C19H24N4O/c1-15-3-6-17(7-4-15)19(24)21-14-16-5-8-18(20-13-16)23-11-9-22(2)10-12-23/h3-8,13H,9-12,14H2,1-2H3,(H,21,24). The minimum Gasteiger partial charge on any atom is -0.354 e. The van der Waals surface area contributed by atoms with E-state index in [1.165, 1.54) is 0 Å². The predicted octanol–water partition coefficient (Wildman–Crippen LogP) is 2.07. The maximum atomic E-state index is 12.1. The highest BCUT2D eigenvalue weighted by Gasteiger charge is 2.15. The molecule has 1 amide bonds. The number of benzene rings is 1. The van der Waals surface area contributed by atoms with Crippen LogP contribution in [0.4, 0.5) is 5.82 Å². The maximum Gasteiger partial charge on any atom is 0.251 e. The van der Waals surface area contributed by atoms with Crippen LogP contribution in [0.2, 0.25) is 0 Å². The molecule has 0 bridgehead atoms. The highest BCUT2D eigenvalue weighted by atomic mass is 16.1. The zero-order valence-electron chi connectivity index (χ0n) is 14.3. The molecule has 0 saturated carbocycles. The molecule has 1 N–H and O–H groups in total. The lowest BCUT2D eigenvalue weighted by Crippen LogP contribution is -2.44. The second-order valence-corrected chi connectivity index (χ2v) is 6.36. The van der Waals surface area contributed by atoms with E-state index in [2.05, 4.69) is 27.1 Å². The number of pyridine rings is 1. The van der Waals surface area contributed by atoms with Crippen LogP contribution in [0.3, 0.4) is 0 Å². The van der Waals surface area contributed by atoms with Gasteiger partial charge in [0, 0.05) is 44.5 Å². The number of carbonyl (C=O) groups is 1. The Balaban J connectivity index is 1.54. The summed E-state index contributed by atoms with van der Waals surface area (Å²) in [6.45, 7) is 6.64. The summed E-state index contributed by atoms with van der Waals surface area (Å²) in [5.74, 6) is 0.954. The summed E-state index contributed by atoms with van der Waals surface area (Å²) in [5.41, 5.74) is 2.84. The van der Waals surface area contributed by atoms with Crippen molar-refractivity contribution in [2.24, 2.45) is 0 Å². The van der Waals surface area contributed by atoms with E-state index in [0.717, 1.165) is 43.1 Å². The zero-order valence-corrected chi connectivity index (χ0v) is 14.3. The smallest absolute Gasteiger partial charge is 0.251 e. The van der Waals surface area contributed by atoms with Crippen molar-refractivity contribution in [3.63, 3.8) is 0 Å². The molecule has 1 aromatic carbocycles. The van der Waals surface area contributed by atoms with Crippen molar-refractivity contribution in [3.8, 4) is 0 Å². The van der Waals surface area contributed by atoms with Crippen molar-refractivity contribution < 1.29 is 4.79 Å². The van der Waals surface area contributed by atoms with Crippen molar-refractivity contribution >= 4 is 11.7 Å². The lowest BCUT2D eigenvalue weighted by atomic mass is 10.1. The molecule has 0 radical (unpaired) electrons. The molecule has 1 aliphatic heterocycles. The van der Waals surface area contributed by atoms with Crippen molar-refractivity contribution in [1.82, 2.24) is 15.2 Å². The quantitative estimate of drug-likeness (QED) is 0.935. The largest absolute Gasteiger partial charge is 0.354 e. The number of nitrogens with one attached hydrogen (secondary N) is 1. The first-order chi connectivity index (χ1) is 11.6. The first kappa shape index (κ1) is 16.5. The molecule has 0 unspecified atom stereocenters. The fraction of sp³-hybridized carbons (Fsp3) is 0.368. The van der Waals surface area contributed by atoms with Crippen LogP contribution in [0.25, 0.3) is 0 Å². The minimum atomic E-state index is -0.0573. The van der Waals surface area contributed by atoms with E-state index in [4.69, 9.17) is 0 Å². The van der Waals surface area contributed by atoms with E-state index in [1.807, 2.05) is 49.5 Å². The summed E-state index contributed by atoms with van der Waals surface area (Å²) >= 11 is 0. The van der Waals surface area contributed by atoms with Gasteiger partial charge < -0.3 is 15.1 Å². The van der Waals surface area contributed by atoms with Gasteiger partial charge in [-0.25, -0.2) is 4.98 Å². The van der Waals surface area contributed by atoms with Gasteiger partial charge in [-0.2, -0.15) is 0 Å². The molecule has 1 fully saturated rings. The maximum absolute atomic E-state index is 12.1. The number of rotatable bonds is 4. The van der Waals surface area contributed by atoms with Gasteiger partial charge in [0.2, 0.25) is 0 Å². The van der Waals surface area contributed by atoms with E-state index in [0.29, 0.717) is 12.1 Å². The molecule has 0 atom stereocenters. The number of carbonyl (C=O) groups excluding carboxylic acids is 1. The second kappa shape index (κ2) is 7.45. The molecule has 1 aliphatic rings. The summed E-state index contributed by atoms with van der Waals surface area (Å²) in [4.78, 5) is 21.3. The monoisotopic (exact) mass is 324 g/mol. The molecule has 126 valence electrons. The summed E-state index contributed by atoms with van der Waals surface area (Å²) in [7, 11) is 2.14. The van der Waals surface area contributed by atoms with Gasteiger partial charge >= 0.3 is 0 Å². The van der Waals surface area contributed by atoms with Crippen LogP contribution in [0.1, 0.15) is 21.5 Å². The zero-order chi connectivity index (χ0) is 16.9. The summed E-state index contributed by atoms with van der Waals surface area (Å²) < 4.78 is 0. The molecule has 5 nitrogen and oxygen atoms in total. The lowest BCUT2D eigenvalue weighted by Gasteiger charge is -2.33. The SMILES string of the molecule is Cc1ccc(C(=O)NCc2ccc(N3CCN(C)CC3)nc2)cc1. The Morgan fingerprint density at radius 2 is 1.79 bits per heavy atom. The Kier molecular flexibility index (Phi) is 5.11. The first-order valence-electron chi connectivity index (χ1n) is 8.35. The van der Waals surface area contributed by atoms with Gasteiger partial charge in [0.25, 0.3) is 5.91 Å². The number of nitrogens with zero attached hydrogens (tertiary/aromatic N) is 3.